The summed E-state index contributed by atoms with van der Waals surface area (Å²) in [7, 11) is 0. The molecule has 0 bridgehead atoms. The lowest BCUT2D eigenvalue weighted by Gasteiger charge is -2.05. The lowest BCUT2D eigenvalue weighted by atomic mass is 10.3. The van der Waals surface area contributed by atoms with E-state index in [0.29, 0.717) is 0 Å². The Morgan fingerprint density at radius 1 is 1.29 bits per heavy atom. The summed E-state index contributed by atoms with van der Waals surface area (Å²) in [4.78, 5) is 4.44. The van der Waals surface area contributed by atoms with Crippen LogP contribution in [0.5, 0.6) is 0 Å². The van der Waals surface area contributed by atoms with Gasteiger partial charge in [0, 0.05) is 31.2 Å². The Hall–Kier alpha value is -1.68. The molecule has 1 N–H and O–H groups in total. The van der Waals surface area contributed by atoms with Gasteiger partial charge in [-0.2, -0.15) is 5.10 Å². The van der Waals surface area contributed by atoms with Crippen molar-refractivity contribution in [3.05, 3.63) is 48.0 Å². The first-order chi connectivity index (χ1) is 8.34. The highest BCUT2D eigenvalue weighted by molar-refractivity contribution is 5.09. The number of nitrogens with one attached hydrogen (secondary N) is 1. The molecule has 0 fully saturated rings. The number of hydrogen-bond donors (Lipinski definition) is 1. The maximum atomic E-state index is 4.44. The van der Waals surface area contributed by atoms with Gasteiger partial charge in [-0.3, -0.25) is 9.67 Å². The van der Waals surface area contributed by atoms with Crippen LogP contribution in [0.1, 0.15) is 17.8 Å². The van der Waals surface area contributed by atoms with Crippen LogP contribution >= 0.6 is 0 Å². The van der Waals surface area contributed by atoms with Crippen LogP contribution in [-0.4, -0.2) is 21.3 Å². The molecule has 0 aliphatic heterocycles. The van der Waals surface area contributed by atoms with Crippen molar-refractivity contribution in [2.24, 2.45) is 0 Å². The zero-order valence-corrected chi connectivity index (χ0v) is 10.1. The van der Waals surface area contributed by atoms with Crippen LogP contribution in [0.3, 0.4) is 0 Å². The Morgan fingerprint density at radius 3 is 3.00 bits per heavy atom. The molecular weight excluding hydrogens is 212 g/mol. The Bertz CT molecular complexity index is 436. The highest BCUT2D eigenvalue weighted by Gasteiger charge is 1.95. The summed E-state index contributed by atoms with van der Waals surface area (Å²) in [6.45, 7) is 4.79. The molecule has 17 heavy (non-hydrogen) atoms. The van der Waals surface area contributed by atoms with E-state index < -0.39 is 0 Å². The van der Waals surface area contributed by atoms with Crippen LogP contribution in [0, 0.1) is 6.92 Å². The van der Waals surface area contributed by atoms with Crippen LogP contribution in [0.25, 0.3) is 0 Å². The molecule has 90 valence electrons. The van der Waals surface area contributed by atoms with Crippen LogP contribution in [-0.2, 0) is 13.1 Å². The van der Waals surface area contributed by atoms with Gasteiger partial charge in [-0.1, -0.05) is 6.07 Å². The average molecular weight is 230 g/mol. The first kappa shape index (κ1) is 11.8. The third-order valence-electron chi connectivity index (χ3n) is 2.55. The van der Waals surface area contributed by atoms with E-state index in [9.17, 15) is 0 Å². The van der Waals surface area contributed by atoms with Crippen molar-refractivity contribution in [1.29, 1.82) is 0 Å². The van der Waals surface area contributed by atoms with Gasteiger partial charge in [-0.25, -0.2) is 0 Å². The normalized spacial score (nSPS) is 10.6. The molecule has 0 saturated heterocycles. The molecule has 0 atom stereocenters. The largest absolute Gasteiger partial charge is 0.311 e. The first-order valence-corrected chi connectivity index (χ1v) is 5.95. The van der Waals surface area contributed by atoms with E-state index in [-0.39, 0.29) is 0 Å². The summed E-state index contributed by atoms with van der Waals surface area (Å²) < 4.78 is 1.95. The fourth-order valence-electron chi connectivity index (χ4n) is 1.71. The molecule has 2 heterocycles. The van der Waals surface area contributed by atoms with Crippen molar-refractivity contribution in [2.45, 2.75) is 26.4 Å². The summed E-state index contributed by atoms with van der Waals surface area (Å²) in [5.74, 6) is 0. The first-order valence-electron chi connectivity index (χ1n) is 5.95. The summed E-state index contributed by atoms with van der Waals surface area (Å²) in [5.41, 5.74) is 2.17. The lowest BCUT2D eigenvalue weighted by molar-refractivity contribution is 0.541. The van der Waals surface area contributed by atoms with E-state index in [1.807, 2.05) is 48.3 Å². The maximum absolute atomic E-state index is 4.44. The fourth-order valence-corrected chi connectivity index (χ4v) is 1.71. The number of hydrogen-bond acceptors (Lipinski definition) is 3. The van der Waals surface area contributed by atoms with E-state index in [1.165, 1.54) is 0 Å². The maximum Gasteiger partial charge on any atom is 0.0544 e. The SMILES string of the molecule is Cc1cccc(CNCCCn2cccn2)n1. The molecule has 2 aromatic rings. The van der Waals surface area contributed by atoms with Gasteiger partial charge in [0.05, 0.1) is 5.69 Å². The van der Waals surface area contributed by atoms with E-state index >= 15 is 0 Å². The number of aromatic nitrogens is 3. The third-order valence-corrected chi connectivity index (χ3v) is 2.55. The number of aryl methyl sites for hydroxylation is 2. The molecule has 2 rings (SSSR count). The minimum Gasteiger partial charge on any atom is -0.311 e. The molecule has 2 aromatic heterocycles. The van der Waals surface area contributed by atoms with Gasteiger partial charge >= 0.3 is 0 Å². The second-order valence-corrected chi connectivity index (χ2v) is 4.07. The Labute approximate surface area is 102 Å². The standard InChI is InChI=1S/C13H18N4/c1-12-5-2-6-13(16-12)11-14-7-3-9-17-10-4-8-15-17/h2,4-6,8,10,14H,3,7,9,11H2,1H3. The fraction of sp³-hybridized carbons (Fsp3) is 0.385. The van der Waals surface area contributed by atoms with E-state index in [1.54, 1.807) is 0 Å². The highest BCUT2D eigenvalue weighted by Crippen LogP contribution is 1.97. The number of rotatable bonds is 6. The number of nitrogens with zero attached hydrogens (tertiary/aromatic N) is 3. The quantitative estimate of drug-likeness (QED) is 0.769. The Kier molecular flexibility index (Phi) is 4.27. The minimum atomic E-state index is 0.834. The third kappa shape index (κ3) is 4.00. The highest BCUT2D eigenvalue weighted by atomic mass is 15.3. The summed E-state index contributed by atoms with van der Waals surface area (Å²) >= 11 is 0. The topological polar surface area (TPSA) is 42.7 Å². The molecule has 4 heteroatoms. The molecule has 0 spiro atoms. The smallest absolute Gasteiger partial charge is 0.0544 e. The predicted octanol–water partition coefficient (Wildman–Crippen LogP) is 1.77. The summed E-state index contributed by atoms with van der Waals surface area (Å²) in [6.07, 6.45) is 4.87. The van der Waals surface area contributed by atoms with Gasteiger partial charge in [0.2, 0.25) is 0 Å². The van der Waals surface area contributed by atoms with Crippen LogP contribution in [0.15, 0.2) is 36.7 Å². The molecule has 0 saturated carbocycles. The van der Waals surface area contributed by atoms with Gasteiger partial charge in [0.1, 0.15) is 0 Å². The monoisotopic (exact) mass is 230 g/mol. The summed E-state index contributed by atoms with van der Waals surface area (Å²) in [6, 6.07) is 8.06. The van der Waals surface area contributed by atoms with E-state index in [4.69, 9.17) is 0 Å². The van der Waals surface area contributed by atoms with E-state index in [0.717, 1.165) is 37.4 Å². The molecule has 0 aliphatic rings. The molecule has 0 unspecified atom stereocenters. The van der Waals surface area contributed by atoms with Crippen molar-refractivity contribution < 1.29 is 0 Å². The Morgan fingerprint density at radius 2 is 2.24 bits per heavy atom. The van der Waals surface area contributed by atoms with Gasteiger partial charge in [0.15, 0.2) is 0 Å². The van der Waals surface area contributed by atoms with Crippen LogP contribution in [0.4, 0.5) is 0 Å². The molecule has 0 radical (unpaired) electrons. The average Bonchev–Trinajstić information content (AvgIpc) is 2.82. The van der Waals surface area contributed by atoms with Crippen molar-refractivity contribution in [3.8, 4) is 0 Å². The zero-order chi connectivity index (χ0) is 11.9. The van der Waals surface area contributed by atoms with Crippen LogP contribution in [0.2, 0.25) is 0 Å². The van der Waals surface area contributed by atoms with Crippen molar-refractivity contribution in [3.63, 3.8) is 0 Å². The molecule has 0 amide bonds. The van der Waals surface area contributed by atoms with Gasteiger partial charge in [-0.05, 0) is 38.1 Å². The zero-order valence-electron chi connectivity index (χ0n) is 10.1. The number of pyridine rings is 1. The van der Waals surface area contributed by atoms with Crippen molar-refractivity contribution in [1.82, 2.24) is 20.1 Å². The minimum absolute atomic E-state index is 0.834. The van der Waals surface area contributed by atoms with Crippen molar-refractivity contribution >= 4 is 0 Å². The molecular formula is C13H18N4. The van der Waals surface area contributed by atoms with Gasteiger partial charge < -0.3 is 5.32 Å². The lowest BCUT2D eigenvalue weighted by Crippen LogP contribution is -2.17. The second kappa shape index (κ2) is 6.15. The van der Waals surface area contributed by atoms with Crippen molar-refractivity contribution in [2.75, 3.05) is 6.54 Å². The van der Waals surface area contributed by atoms with E-state index in [2.05, 4.69) is 15.4 Å². The summed E-state index contributed by atoms with van der Waals surface area (Å²) in [5, 5.41) is 7.55. The second-order valence-electron chi connectivity index (χ2n) is 4.07. The van der Waals surface area contributed by atoms with Crippen LogP contribution < -0.4 is 5.32 Å². The molecule has 0 aromatic carbocycles. The molecule has 0 aliphatic carbocycles. The van der Waals surface area contributed by atoms with Gasteiger partial charge in [-0.15, -0.1) is 0 Å². The predicted molar refractivity (Wildman–Crippen MR) is 67.5 cm³/mol. The Balaban J connectivity index is 1.63. The van der Waals surface area contributed by atoms with Gasteiger partial charge in [0.25, 0.3) is 0 Å². The molecule has 4 nitrogen and oxygen atoms in total.